The topological polar surface area (TPSA) is 93.7 Å². The van der Waals surface area contributed by atoms with Gasteiger partial charge in [-0.05, 0) is 68.5 Å². The Morgan fingerprint density at radius 3 is 1.93 bits per heavy atom. The zero-order valence-corrected chi connectivity index (χ0v) is 24.0. The Morgan fingerprint density at radius 1 is 0.750 bits per heavy atom. The fourth-order valence-electron chi connectivity index (χ4n) is 4.07. The summed E-state index contributed by atoms with van der Waals surface area (Å²) >= 11 is 0. The van der Waals surface area contributed by atoms with Crippen LogP contribution in [0.5, 0.6) is 5.75 Å². The summed E-state index contributed by atoms with van der Waals surface area (Å²) in [5.41, 5.74) is 1.63. The molecule has 40 heavy (non-hydrogen) atoms. The average Bonchev–Trinajstić information content (AvgIpc) is 2.91. The lowest BCUT2D eigenvalue weighted by molar-refractivity contribution is -0.158. The molecule has 0 bridgehead atoms. The van der Waals surface area contributed by atoms with E-state index in [2.05, 4.69) is 10.6 Å². The third-order valence-electron chi connectivity index (χ3n) is 5.98. The summed E-state index contributed by atoms with van der Waals surface area (Å²) in [6, 6.07) is 24.3. The zero-order valence-electron chi connectivity index (χ0n) is 24.0. The summed E-state index contributed by atoms with van der Waals surface area (Å²) in [5, 5.41) is 5.69. The second-order valence-corrected chi connectivity index (χ2v) is 11.2. The maximum atomic E-state index is 13.4. The highest BCUT2D eigenvalue weighted by atomic mass is 16.6. The van der Waals surface area contributed by atoms with Crippen molar-refractivity contribution >= 4 is 17.8 Å². The first-order valence-corrected chi connectivity index (χ1v) is 13.6. The fraction of sp³-hybridized carbons (Fsp3) is 0.364. The third kappa shape index (κ3) is 10.2. The minimum atomic E-state index is -0.939. The molecule has 0 aliphatic rings. The van der Waals surface area contributed by atoms with Crippen LogP contribution in [0.4, 0.5) is 0 Å². The first-order chi connectivity index (χ1) is 19.0. The third-order valence-corrected chi connectivity index (χ3v) is 5.98. The van der Waals surface area contributed by atoms with Crippen LogP contribution in [0.15, 0.2) is 84.9 Å². The Hall–Kier alpha value is -4.13. The van der Waals surface area contributed by atoms with Gasteiger partial charge in [-0.1, -0.05) is 74.5 Å². The van der Waals surface area contributed by atoms with Crippen LogP contribution in [0.3, 0.4) is 0 Å². The molecular formula is C33H40N2O5. The second-order valence-electron chi connectivity index (χ2n) is 11.2. The maximum absolute atomic E-state index is 13.4. The van der Waals surface area contributed by atoms with Crippen molar-refractivity contribution in [3.63, 3.8) is 0 Å². The standard InChI is InChI=1S/C33H40N2O5/c1-23(2)20-28(34-30(36)26-14-10-7-11-15-26)31(37)35-29(32(38)40-33(3,4)5)21-24-16-18-27(19-17-24)39-22-25-12-8-6-9-13-25/h6-19,23,28-29H,20-22H2,1-5H3,(H,34,36)(H,35,37)/t28-,29-/m0/s1. The van der Waals surface area contributed by atoms with E-state index in [4.69, 9.17) is 9.47 Å². The zero-order chi connectivity index (χ0) is 29.1. The van der Waals surface area contributed by atoms with Crippen molar-refractivity contribution in [1.82, 2.24) is 10.6 Å². The molecule has 0 spiro atoms. The van der Waals surface area contributed by atoms with Gasteiger partial charge in [0.05, 0.1) is 0 Å². The molecule has 0 aliphatic heterocycles. The van der Waals surface area contributed by atoms with E-state index < -0.39 is 29.6 Å². The molecule has 212 valence electrons. The Kier molecular flexibility index (Phi) is 10.9. The van der Waals surface area contributed by atoms with Gasteiger partial charge in [0.2, 0.25) is 5.91 Å². The number of rotatable bonds is 12. The van der Waals surface area contributed by atoms with Gasteiger partial charge in [-0.2, -0.15) is 0 Å². The summed E-state index contributed by atoms with van der Waals surface area (Å²) < 4.78 is 11.5. The minimum absolute atomic E-state index is 0.134. The van der Waals surface area contributed by atoms with Gasteiger partial charge in [0.1, 0.15) is 30.0 Å². The molecule has 0 saturated heterocycles. The van der Waals surface area contributed by atoms with E-state index in [1.807, 2.05) is 74.5 Å². The molecule has 0 aliphatic carbocycles. The number of hydrogen-bond donors (Lipinski definition) is 2. The predicted octanol–water partition coefficient (Wildman–Crippen LogP) is 5.48. The number of carbonyl (C=O) groups is 3. The fourth-order valence-corrected chi connectivity index (χ4v) is 4.07. The van der Waals surface area contributed by atoms with Crippen molar-refractivity contribution in [3.05, 3.63) is 102 Å². The van der Waals surface area contributed by atoms with E-state index >= 15 is 0 Å². The number of esters is 1. The van der Waals surface area contributed by atoms with E-state index in [0.29, 0.717) is 24.3 Å². The summed E-state index contributed by atoms with van der Waals surface area (Å²) in [7, 11) is 0. The van der Waals surface area contributed by atoms with Crippen molar-refractivity contribution < 1.29 is 23.9 Å². The summed E-state index contributed by atoms with van der Waals surface area (Å²) in [6.45, 7) is 9.74. The van der Waals surface area contributed by atoms with E-state index in [1.165, 1.54) is 0 Å². The van der Waals surface area contributed by atoms with Crippen LogP contribution in [-0.2, 0) is 27.4 Å². The molecule has 0 heterocycles. The first kappa shape index (κ1) is 30.4. The number of ether oxygens (including phenoxy) is 2. The van der Waals surface area contributed by atoms with Crippen molar-refractivity contribution in [2.24, 2.45) is 5.92 Å². The molecular weight excluding hydrogens is 504 g/mol. The first-order valence-electron chi connectivity index (χ1n) is 13.6. The highest BCUT2D eigenvalue weighted by molar-refractivity contribution is 5.98. The van der Waals surface area contributed by atoms with Crippen LogP contribution in [0.2, 0.25) is 0 Å². The highest BCUT2D eigenvalue weighted by Crippen LogP contribution is 2.17. The maximum Gasteiger partial charge on any atom is 0.329 e. The SMILES string of the molecule is CC(C)C[C@H](NC(=O)c1ccccc1)C(=O)N[C@@H](Cc1ccc(OCc2ccccc2)cc1)C(=O)OC(C)(C)C. The highest BCUT2D eigenvalue weighted by Gasteiger charge is 2.30. The minimum Gasteiger partial charge on any atom is -0.489 e. The lowest BCUT2D eigenvalue weighted by atomic mass is 10.0. The largest absolute Gasteiger partial charge is 0.489 e. The molecule has 3 aromatic carbocycles. The molecule has 2 N–H and O–H groups in total. The lowest BCUT2D eigenvalue weighted by Crippen LogP contribution is -2.53. The molecule has 7 nitrogen and oxygen atoms in total. The molecule has 0 unspecified atom stereocenters. The number of amides is 2. The number of carbonyl (C=O) groups excluding carboxylic acids is 3. The van der Waals surface area contributed by atoms with Crippen LogP contribution >= 0.6 is 0 Å². The summed E-state index contributed by atoms with van der Waals surface area (Å²) in [5.74, 6) is -0.484. The van der Waals surface area contributed by atoms with Gasteiger partial charge in [0.25, 0.3) is 5.91 Å². The second kappa shape index (κ2) is 14.3. The van der Waals surface area contributed by atoms with Gasteiger partial charge < -0.3 is 20.1 Å². The van der Waals surface area contributed by atoms with Crippen molar-refractivity contribution in [2.75, 3.05) is 0 Å². The van der Waals surface area contributed by atoms with Gasteiger partial charge in [0, 0.05) is 12.0 Å². The number of hydrogen-bond acceptors (Lipinski definition) is 5. The molecule has 3 rings (SSSR count). The van der Waals surface area contributed by atoms with E-state index in [-0.39, 0.29) is 18.2 Å². The Morgan fingerprint density at radius 2 is 1.35 bits per heavy atom. The Bertz CT molecular complexity index is 1240. The molecule has 2 amide bonds. The molecule has 0 saturated carbocycles. The Balaban J connectivity index is 1.72. The van der Waals surface area contributed by atoms with E-state index in [0.717, 1.165) is 11.1 Å². The van der Waals surface area contributed by atoms with Crippen LogP contribution < -0.4 is 15.4 Å². The molecule has 7 heteroatoms. The molecule has 2 atom stereocenters. The molecule has 0 fully saturated rings. The van der Waals surface area contributed by atoms with Crippen molar-refractivity contribution in [3.8, 4) is 5.75 Å². The average molecular weight is 545 g/mol. The number of benzene rings is 3. The van der Waals surface area contributed by atoms with Gasteiger partial charge in [0.15, 0.2) is 0 Å². The van der Waals surface area contributed by atoms with E-state index in [1.54, 1.807) is 45.0 Å². The smallest absolute Gasteiger partial charge is 0.329 e. The van der Waals surface area contributed by atoms with Gasteiger partial charge >= 0.3 is 5.97 Å². The number of nitrogens with one attached hydrogen (secondary N) is 2. The normalized spacial score (nSPS) is 12.8. The monoisotopic (exact) mass is 544 g/mol. The van der Waals surface area contributed by atoms with Crippen LogP contribution in [0, 0.1) is 5.92 Å². The van der Waals surface area contributed by atoms with Crippen LogP contribution in [0.1, 0.15) is 62.5 Å². The quantitative estimate of drug-likeness (QED) is 0.295. The van der Waals surface area contributed by atoms with Crippen molar-refractivity contribution in [2.45, 2.75) is 71.8 Å². The van der Waals surface area contributed by atoms with Crippen LogP contribution in [0.25, 0.3) is 0 Å². The molecule has 0 radical (unpaired) electrons. The van der Waals surface area contributed by atoms with Crippen LogP contribution in [-0.4, -0.2) is 35.5 Å². The van der Waals surface area contributed by atoms with Crippen molar-refractivity contribution in [1.29, 1.82) is 0 Å². The van der Waals surface area contributed by atoms with Gasteiger partial charge in [-0.3, -0.25) is 9.59 Å². The predicted molar refractivity (Wildman–Crippen MR) is 156 cm³/mol. The lowest BCUT2D eigenvalue weighted by Gasteiger charge is -2.27. The Labute approximate surface area is 237 Å². The van der Waals surface area contributed by atoms with Gasteiger partial charge in [-0.25, -0.2) is 4.79 Å². The molecule has 3 aromatic rings. The summed E-state index contributed by atoms with van der Waals surface area (Å²) in [4.78, 5) is 39.4. The van der Waals surface area contributed by atoms with Gasteiger partial charge in [-0.15, -0.1) is 0 Å². The molecule has 0 aromatic heterocycles. The van der Waals surface area contributed by atoms with E-state index in [9.17, 15) is 14.4 Å². The summed E-state index contributed by atoms with van der Waals surface area (Å²) in [6.07, 6.45) is 0.638.